The minimum Gasteiger partial charge on any atom is -0.377 e. The summed E-state index contributed by atoms with van der Waals surface area (Å²) in [5.41, 5.74) is 3.08. The predicted molar refractivity (Wildman–Crippen MR) is 104 cm³/mol. The number of fused-ring (bicyclic) bond motifs is 1. The van der Waals surface area contributed by atoms with E-state index in [4.69, 9.17) is 4.74 Å². The zero-order valence-electron chi connectivity index (χ0n) is 16.2. The maximum atomic E-state index is 6.12. The molecular formula is C21H33N3O. The number of aliphatic imine (C=N–C) groups is 1. The van der Waals surface area contributed by atoms with Gasteiger partial charge in [-0.2, -0.15) is 0 Å². The van der Waals surface area contributed by atoms with Crippen LogP contribution in [0, 0.1) is 11.3 Å². The molecule has 1 aromatic rings. The van der Waals surface area contributed by atoms with Gasteiger partial charge in [0.1, 0.15) is 0 Å². The van der Waals surface area contributed by atoms with E-state index >= 15 is 0 Å². The number of rotatable bonds is 2. The Kier molecular flexibility index (Phi) is 5.67. The van der Waals surface area contributed by atoms with Gasteiger partial charge in [-0.1, -0.05) is 45.0 Å². The van der Waals surface area contributed by atoms with Crippen LogP contribution in [0.5, 0.6) is 0 Å². The minimum absolute atomic E-state index is 0.181. The molecule has 1 N–H and O–H groups in total. The monoisotopic (exact) mass is 343 g/mol. The van der Waals surface area contributed by atoms with Crippen molar-refractivity contribution in [2.75, 3.05) is 26.7 Å². The fraction of sp³-hybridized carbons (Fsp3) is 0.667. The molecule has 3 rings (SSSR count). The second-order valence-corrected chi connectivity index (χ2v) is 8.43. The standard InChI is InChI=1S/C21H33N3O/c1-21(2,3)19-17(10-7-13-25-19)14-23-20(22-4)24-12-11-16-8-5-6-9-18(16)15-24/h5-6,8-9,17,19H,7,10-15H2,1-4H3,(H,22,23). The maximum Gasteiger partial charge on any atom is 0.193 e. The minimum atomic E-state index is 0.181. The van der Waals surface area contributed by atoms with Crippen LogP contribution in [0.1, 0.15) is 44.7 Å². The average molecular weight is 344 g/mol. The molecule has 138 valence electrons. The lowest BCUT2D eigenvalue weighted by molar-refractivity contribution is -0.0836. The molecule has 0 aliphatic carbocycles. The second kappa shape index (κ2) is 7.77. The zero-order valence-corrected chi connectivity index (χ0v) is 16.2. The van der Waals surface area contributed by atoms with E-state index in [9.17, 15) is 0 Å². The van der Waals surface area contributed by atoms with Crippen LogP contribution in [0.15, 0.2) is 29.3 Å². The van der Waals surface area contributed by atoms with Crippen molar-refractivity contribution in [1.29, 1.82) is 0 Å². The van der Waals surface area contributed by atoms with Crippen LogP contribution in [-0.2, 0) is 17.7 Å². The van der Waals surface area contributed by atoms with Crippen LogP contribution >= 0.6 is 0 Å². The largest absolute Gasteiger partial charge is 0.377 e. The molecule has 1 saturated heterocycles. The number of nitrogens with zero attached hydrogens (tertiary/aromatic N) is 2. The van der Waals surface area contributed by atoms with Crippen molar-refractivity contribution in [3.05, 3.63) is 35.4 Å². The SMILES string of the molecule is CN=C(NCC1CCCOC1C(C)(C)C)N1CCc2ccccc2C1. The topological polar surface area (TPSA) is 36.9 Å². The summed E-state index contributed by atoms with van der Waals surface area (Å²) >= 11 is 0. The first-order valence-electron chi connectivity index (χ1n) is 9.63. The molecule has 2 atom stereocenters. The highest BCUT2D eigenvalue weighted by molar-refractivity contribution is 5.80. The highest BCUT2D eigenvalue weighted by Crippen LogP contribution is 2.33. The molecular weight excluding hydrogens is 310 g/mol. The van der Waals surface area contributed by atoms with Crippen molar-refractivity contribution in [3.63, 3.8) is 0 Å². The fourth-order valence-corrected chi connectivity index (χ4v) is 4.24. The summed E-state index contributed by atoms with van der Waals surface area (Å²) in [6.45, 7) is 10.7. The van der Waals surface area contributed by atoms with E-state index in [-0.39, 0.29) is 5.41 Å². The van der Waals surface area contributed by atoms with Gasteiger partial charge < -0.3 is 15.0 Å². The predicted octanol–water partition coefficient (Wildman–Crippen LogP) is 3.46. The van der Waals surface area contributed by atoms with E-state index in [1.165, 1.54) is 17.5 Å². The smallest absolute Gasteiger partial charge is 0.193 e. The van der Waals surface area contributed by atoms with Crippen molar-refractivity contribution in [2.24, 2.45) is 16.3 Å². The molecule has 4 nitrogen and oxygen atoms in total. The van der Waals surface area contributed by atoms with Crippen LogP contribution < -0.4 is 5.32 Å². The summed E-state index contributed by atoms with van der Waals surface area (Å²) in [4.78, 5) is 6.92. The van der Waals surface area contributed by atoms with Gasteiger partial charge in [-0.25, -0.2) is 0 Å². The van der Waals surface area contributed by atoms with Crippen molar-refractivity contribution >= 4 is 5.96 Å². The van der Waals surface area contributed by atoms with Crippen molar-refractivity contribution in [1.82, 2.24) is 10.2 Å². The number of benzene rings is 1. The van der Waals surface area contributed by atoms with Crippen LogP contribution in [0.4, 0.5) is 0 Å². The van der Waals surface area contributed by atoms with Crippen LogP contribution in [0.3, 0.4) is 0 Å². The lowest BCUT2D eigenvalue weighted by atomic mass is 9.78. The molecule has 1 fully saturated rings. The Labute approximate surface area is 152 Å². The third kappa shape index (κ3) is 4.35. The Bertz CT molecular complexity index is 605. The highest BCUT2D eigenvalue weighted by atomic mass is 16.5. The molecule has 0 radical (unpaired) electrons. The first kappa shape index (κ1) is 18.2. The van der Waals surface area contributed by atoms with Gasteiger partial charge in [-0.15, -0.1) is 0 Å². The molecule has 1 aromatic carbocycles. The molecule has 0 bridgehead atoms. The molecule has 0 aromatic heterocycles. The van der Waals surface area contributed by atoms with E-state index in [1.54, 1.807) is 0 Å². The van der Waals surface area contributed by atoms with Crippen molar-refractivity contribution in [2.45, 2.75) is 52.7 Å². The lowest BCUT2D eigenvalue weighted by Crippen LogP contribution is -2.49. The van der Waals surface area contributed by atoms with E-state index < -0.39 is 0 Å². The van der Waals surface area contributed by atoms with Gasteiger partial charge in [0.15, 0.2) is 5.96 Å². The van der Waals surface area contributed by atoms with Crippen LogP contribution in [0.2, 0.25) is 0 Å². The molecule has 2 heterocycles. The Hall–Kier alpha value is -1.55. The summed E-state index contributed by atoms with van der Waals surface area (Å²) in [6.07, 6.45) is 3.80. The highest BCUT2D eigenvalue weighted by Gasteiger charge is 2.35. The summed E-state index contributed by atoms with van der Waals surface area (Å²) in [5.74, 6) is 1.57. The van der Waals surface area contributed by atoms with Gasteiger partial charge >= 0.3 is 0 Å². The maximum absolute atomic E-state index is 6.12. The summed E-state index contributed by atoms with van der Waals surface area (Å²) in [5, 5.41) is 3.64. The van der Waals surface area contributed by atoms with E-state index in [2.05, 4.69) is 60.2 Å². The molecule has 2 aliphatic heterocycles. The summed E-state index contributed by atoms with van der Waals surface area (Å²) in [7, 11) is 1.89. The van der Waals surface area contributed by atoms with Gasteiger partial charge in [0.25, 0.3) is 0 Å². The van der Waals surface area contributed by atoms with Gasteiger partial charge in [-0.05, 0) is 35.8 Å². The quantitative estimate of drug-likeness (QED) is 0.660. The zero-order chi connectivity index (χ0) is 17.9. The molecule has 0 spiro atoms. The first-order valence-corrected chi connectivity index (χ1v) is 9.63. The number of nitrogens with one attached hydrogen (secondary N) is 1. The number of hydrogen-bond donors (Lipinski definition) is 1. The second-order valence-electron chi connectivity index (χ2n) is 8.43. The van der Waals surface area contributed by atoms with Gasteiger partial charge in [-0.3, -0.25) is 4.99 Å². The van der Waals surface area contributed by atoms with Crippen LogP contribution in [-0.4, -0.2) is 43.7 Å². The fourth-order valence-electron chi connectivity index (χ4n) is 4.24. The van der Waals surface area contributed by atoms with Gasteiger partial charge in [0.2, 0.25) is 0 Å². The molecule has 2 aliphatic rings. The summed E-state index contributed by atoms with van der Waals surface area (Å²) in [6, 6.07) is 8.75. The molecule has 25 heavy (non-hydrogen) atoms. The average Bonchev–Trinajstić information content (AvgIpc) is 2.61. The third-order valence-corrected chi connectivity index (χ3v) is 5.46. The van der Waals surface area contributed by atoms with Crippen LogP contribution in [0.25, 0.3) is 0 Å². The van der Waals surface area contributed by atoms with Crippen molar-refractivity contribution < 1.29 is 4.74 Å². The van der Waals surface area contributed by atoms with Gasteiger partial charge in [0, 0.05) is 39.2 Å². The first-order chi connectivity index (χ1) is 12.0. The lowest BCUT2D eigenvalue weighted by Gasteiger charge is -2.41. The number of ether oxygens (including phenoxy) is 1. The van der Waals surface area contributed by atoms with E-state index in [1.807, 2.05) is 7.05 Å². The third-order valence-electron chi connectivity index (χ3n) is 5.46. The van der Waals surface area contributed by atoms with E-state index in [0.29, 0.717) is 12.0 Å². The Morgan fingerprint density at radius 3 is 2.76 bits per heavy atom. The Balaban J connectivity index is 1.61. The molecule has 2 unspecified atom stereocenters. The number of hydrogen-bond acceptors (Lipinski definition) is 2. The Morgan fingerprint density at radius 2 is 2.04 bits per heavy atom. The van der Waals surface area contributed by atoms with Crippen molar-refractivity contribution in [3.8, 4) is 0 Å². The Morgan fingerprint density at radius 1 is 1.28 bits per heavy atom. The molecule has 4 heteroatoms. The van der Waals surface area contributed by atoms with E-state index in [0.717, 1.165) is 45.0 Å². The van der Waals surface area contributed by atoms with Gasteiger partial charge in [0.05, 0.1) is 6.10 Å². The molecule has 0 saturated carbocycles. The normalized spacial score (nSPS) is 24.8. The summed E-state index contributed by atoms with van der Waals surface area (Å²) < 4.78 is 6.12. The number of guanidine groups is 1. The molecule has 0 amide bonds.